The Labute approximate surface area is 119 Å². The summed E-state index contributed by atoms with van der Waals surface area (Å²) >= 11 is 17.7. The van der Waals surface area contributed by atoms with Crippen LogP contribution in [0.4, 0.5) is 5.69 Å². The molecule has 2 nitrogen and oxygen atoms in total. The van der Waals surface area contributed by atoms with E-state index >= 15 is 0 Å². The molecule has 1 amide bonds. The van der Waals surface area contributed by atoms with Crippen molar-refractivity contribution in [2.45, 2.75) is 0 Å². The zero-order valence-corrected chi connectivity index (χ0v) is 11.4. The number of anilines is 1. The molecular weight excluding hydrogens is 293 g/mol. The summed E-state index contributed by atoms with van der Waals surface area (Å²) in [6, 6.07) is 11.7. The predicted octanol–water partition coefficient (Wildman–Crippen LogP) is 4.90. The van der Waals surface area contributed by atoms with Gasteiger partial charge in [-0.3, -0.25) is 4.79 Å². The highest BCUT2D eigenvalue weighted by molar-refractivity contribution is 6.40. The summed E-state index contributed by atoms with van der Waals surface area (Å²) < 4.78 is 0. The summed E-state index contributed by atoms with van der Waals surface area (Å²) in [5.74, 6) is -0.368. The molecule has 0 radical (unpaired) electrons. The molecule has 0 aromatic heterocycles. The van der Waals surface area contributed by atoms with Crippen LogP contribution in [0.15, 0.2) is 42.5 Å². The molecule has 0 saturated carbocycles. The number of halogens is 3. The maximum atomic E-state index is 12.0. The van der Waals surface area contributed by atoms with Crippen LogP contribution in [0.25, 0.3) is 0 Å². The van der Waals surface area contributed by atoms with E-state index in [1.807, 2.05) is 0 Å². The molecule has 1 N–H and O–H groups in total. The van der Waals surface area contributed by atoms with Crippen molar-refractivity contribution in [1.82, 2.24) is 0 Å². The van der Waals surface area contributed by atoms with E-state index < -0.39 is 0 Å². The molecule has 0 fully saturated rings. The molecule has 0 aliphatic rings. The maximum Gasteiger partial charge on any atom is 0.258 e. The number of carbonyl (C=O) groups excluding carboxylic acids is 1. The number of carbonyl (C=O) groups is 1. The maximum absolute atomic E-state index is 12.0. The SMILES string of the molecule is O=C(Nc1cccc(Cl)c1)c1c(Cl)cccc1Cl. The molecule has 0 spiro atoms. The second kappa shape index (κ2) is 5.61. The van der Waals surface area contributed by atoms with Gasteiger partial charge >= 0.3 is 0 Å². The molecule has 2 rings (SSSR count). The summed E-state index contributed by atoms with van der Waals surface area (Å²) in [5, 5.41) is 3.84. The fourth-order valence-corrected chi connectivity index (χ4v) is 2.23. The number of amides is 1. The Morgan fingerprint density at radius 1 is 0.944 bits per heavy atom. The molecule has 0 heterocycles. The van der Waals surface area contributed by atoms with E-state index in [9.17, 15) is 4.79 Å². The Morgan fingerprint density at radius 2 is 1.56 bits per heavy atom. The van der Waals surface area contributed by atoms with Crippen molar-refractivity contribution in [1.29, 1.82) is 0 Å². The van der Waals surface area contributed by atoms with E-state index in [4.69, 9.17) is 34.8 Å². The van der Waals surface area contributed by atoms with E-state index in [0.717, 1.165) is 0 Å². The first kappa shape index (κ1) is 13.2. The first-order valence-electron chi connectivity index (χ1n) is 5.09. The van der Waals surface area contributed by atoms with Gasteiger partial charge in [0.05, 0.1) is 15.6 Å². The van der Waals surface area contributed by atoms with E-state index in [-0.39, 0.29) is 11.5 Å². The Balaban J connectivity index is 2.28. The third-order valence-electron chi connectivity index (χ3n) is 2.27. The summed E-state index contributed by atoms with van der Waals surface area (Å²) in [6.07, 6.45) is 0. The largest absolute Gasteiger partial charge is 0.322 e. The minimum Gasteiger partial charge on any atom is -0.322 e. The molecule has 0 atom stereocenters. The van der Waals surface area contributed by atoms with Gasteiger partial charge in [0.25, 0.3) is 5.91 Å². The highest BCUT2D eigenvalue weighted by Crippen LogP contribution is 2.25. The molecule has 0 aliphatic carbocycles. The molecule has 18 heavy (non-hydrogen) atoms. The van der Waals surface area contributed by atoms with E-state index in [0.29, 0.717) is 20.8 Å². The Bertz CT molecular complexity index is 578. The van der Waals surface area contributed by atoms with Crippen LogP contribution in [0, 0.1) is 0 Å². The molecule has 5 heteroatoms. The summed E-state index contributed by atoms with van der Waals surface area (Å²) in [7, 11) is 0. The minimum atomic E-state index is -0.368. The third kappa shape index (κ3) is 2.96. The second-order valence-corrected chi connectivity index (χ2v) is 4.81. The van der Waals surface area contributed by atoms with Crippen LogP contribution in [0.1, 0.15) is 10.4 Å². The highest BCUT2D eigenvalue weighted by Gasteiger charge is 2.14. The van der Waals surface area contributed by atoms with E-state index in [1.165, 1.54) is 0 Å². The average Bonchev–Trinajstić information content (AvgIpc) is 2.28. The van der Waals surface area contributed by atoms with E-state index in [2.05, 4.69) is 5.32 Å². The zero-order chi connectivity index (χ0) is 13.1. The smallest absolute Gasteiger partial charge is 0.258 e. The van der Waals surface area contributed by atoms with Crippen molar-refractivity contribution in [3.63, 3.8) is 0 Å². The quantitative estimate of drug-likeness (QED) is 0.840. The van der Waals surface area contributed by atoms with Crippen LogP contribution >= 0.6 is 34.8 Å². The molecule has 92 valence electrons. The lowest BCUT2D eigenvalue weighted by Crippen LogP contribution is -2.13. The Morgan fingerprint density at radius 3 is 2.17 bits per heavy atom. The van der Waals surface area contributed by atoms with Crippen molar-refractivity contribution < 1.29 is 4.79 Å². The van der Waals surface area contributed by atoms with Gasteiger partial charge in [-0.1, -0.05) is 46.9 Å². The van der Waals surface area contributed by atoms with Crippen LogP contribution < -0.4 is 5.32 Å². The van der Waals surface area contributed by atoms with Crippen LogP contribution in [-0.2, 0) is 0 Å². The molecule has 2 aromatic carbocycles. The fraction of sp³-hybridized carbons (Fsp3) is 0. The van der Waals surface area contributed by atoms with Gasteiger partial charge in [0.2, 0.25) is 0 Å². The molecule has 0 saturated heterocycles. The number of rotatable bonds is 2. The number of hydrogen-bond donors (Lipinski definition) is 1. The topological polar surface area (TPSA) is 29.1 Å². The normalized spacial score (nSPS) is 10.2. The van der Waals surface area contributed by atoms with E-state index in [1.54, 1.807) is 42.5 Å². The monoisotopic (exact) mass is 299 g/mol. The van der Waals surface area contributed by atoms with Gasteiger partial charge in [-0.15, -0.1) is 0 Å². The molecule has 0 unspecified atom stereocenters. The van der Waals surface area contributed by atoms with Crippen LogP contribution in [0.3, 0.4) is 0 Å². The van der Waals surface area contributed by atoms with Crippen molar-refractivity contribution in [3.05, 3.63) is 63.1 Å². The predicted molar refractivity (Wildman–Crippen MR) is 75.9 cm³/mol. The zero-order valence-electron chi connectivity index (χ0n) is 9.08. The molecular formula is C13H8Cl3NO. The first-order chi connectivity index (χ1) is 8.58. The second-order valence-electron chi connectivity index (χ2n) is 3.56. The van der Waals surface area contributed by atoms with Crippen molar-refractivity contribution in [2.24, 2.45) is 0 Å². The van der Waals surface area contributed by atoms with Crippen molar-refractivity contribution in [3.8, 4) is 0 Å². The fourth-order valence-electron chi connectivity index (χ4n) is 1.47. The highest BCUT2D eigenvalue weighted by atomic mass is 35.5. The lowest BCUT2D eigenvalue weighted by atomic mass is 10.2. The lowest BCUT2D eigenvalue weighted by Gasteiger charge is -2.08. The summed E-state index contributed by atoms with van der Waals surface area (Å²) in [5.41, 5.74) is 0.837. The standard InChI is InChI=1S/C13H8Cl3NO/c14-8-3-1-4-9(7-8)17-13(18)12-10(15)5-2-6-11(12)16/h1-7H,(H,17,18). The van der Waals surface area contributed by atoms with Crippen LogP contribution in [0.2, 0.25) is 15.1 Å². The number of benzene rings is 2. The summed E-state index contributed by atoms with van der Waals surface area (Å²) in [6.45, 7) is 0. The lowest BCUT2D eigenvalue weighted by molar-refractivity contribution is 0.102. The summed E-state index contributed by atoms with van der Waals surface area (Å²) in [4.78, 5) is 12.0. The Hall–Kier alpha value is -1.22. The van der Waals surface area contributed by atoms with Crippen molar-refractivity contribution in [2.75, 3.05) is 5.32 Å². The molecule has 2 aromatic rings. The van der Waals surface area contributed by atoms with Gasteiger partial charge < -0.3 is 5.32 Å². The molecule has 0 aliphatic heterocycles. The Kier molecular flexibility index (Phi) is 4.12. The van der Waals surface area contributed by atoms with Gasteiger partial charge in [0.1, 0.15) is 0 Å². The minimum absolute atomic E-state index is 0.251. The average molecular weight is 301 g/mol. The third-order valence-corrected chi connectivity index (χ3v) is 3.14. The van der Waals surface area contributed by atoms with Crippen LogP contribution in [0.5, 0.6) is 0 Å². The van der Waals surface area contributed by atoms with Gasteiger partial charge in [-0.05, 0) is 30.3 Å². The number of hydrogen-bond acceptors (Lipinski definition) is 1. The number of nitrogens with one attached hydrogen (secondary N) is 1. The molecule has 0 bridgehead atoms. The van der Waals surface area contributed by atoms with Crippen molar-refractivity contribution >= 4 is 46.4 Å². The van der Waals surface area contributed by atoms with Gasteiger partial charge in [0.15, 0.2) is 0 Å². The first-order valence-corrected chi connectivity index (χ1v) is 6.22. The van der Waals surface area contributed by atoms with Gasteiger partial charge in [-0.25, -0.2) is 0 Å². The van der Waals surface area contributed by atoms with Gasteiger partial charge in [0, 0.05) is 10.7 Å². The van der Waals surface area contributed by atoms with Crippen LogP contribution in [-0.4, -0.2) is 5.91 Å². The van der Waals surface area contributed by atoms with Gasteiger partial charge in [-0.2, -0.15) is 0 Å².